The molecule has 0 saturated carbocycles. The molecule has 0 atom stereocenters. The van der Waals surface area contributed by atoms with Crippen molar-refractivity contribution in [1.82, 2.24) is 9.78 Å². The average molecular weight is 409 g/mol. The minimum atomic E-state index is -0.624. The lowest BCUT2D eigenvalue weighted by Crippen LogP contribution is -2.09. The van der Waals surface area contributed by atoms with Gasteiger partial charge < -0.3 is 5.32 Å². The third-order valence-corrected chi connectivity index (χ3v) is 4.55. The number of benzene rings is 1. The summed E-state index contributed by atoms with van der Waals surface area (Å²) in [5.74, 6) is -1.25. The minimum Gasteiger partial charge on any atom is -0.377 e. The van der Waals surface area contributed by atoms with E-state index < -0.39 is 11.6 Å². The van der Waals surface area contributed by atoms with Gasteiger partial charge in [-0.2, -0.15) is 5.10 Å². The summed E-state index contributed by atoms with van der Waals surface area (Å²) in [5.41, 5.74) is 2.04. The molecule has 20 heavy (non-hydrogen) atoms. The summed E-state index contributed by atoms with van der Waals surface area (Å²) in [5, 5.41) is 7.33. The number of nitrogens with zero attached hydrogens (tertiary/aromatic N) is 2. The highest BCUT2D eigenvalue weighted by Crippen LogP contribution is 2.26. The zero-order valence-electron chi connectivity index (χ0n) is 11.0. The molecule has 3 nitrogen and oxygen atoms in total. The van der Waals surface area contributed by atoms with Crippen LogP contribution in [0.25, 0.3) is 0 Å². The minimum absolute atomic E-state index is 0.223. The largest absolute Gasteiger partial charge is 0.377 e. The molecule has 0 aliphatic rings. The Morgan fingerprint density at radius 2 is 1.95 bits per heavy atom. The van der Waals surface area contributed by atoms with Crippen molar-refractivity contribution in [2.75, 3.05) is 5.32 Å². The van der Waals surface area contributed by atoms with Crippen LogP contribution in [0, 0.1) is 18.6 Å². The number of halogens is 4. The SMILES string of the molecule is CCn1nc(C)c(Br)c1CNc1cc(Br)c(F)cc1F. The summed E-state index contributed by atoms with van der Waals surface area (Å²) in [7, 11) is 0. The normalized spacial score (nSPS) is 10.9. The molecule has 1 heterocycles. The van der Waals surface area contributed by atoms with E-state index in [-0.39, 0.29) is 10.2 Å². The predicted octanol–water partition coefficient (Wildman–Crippen LogP) is 4.63. The molecule has 0 unspecified atom stereocenters. The Bertz CT molecular complexity index is 641. The van der Waals surface area contributed by atoms with Crippen molar-refractivity contribution in [2.45, 2.75) is 26.9 Å². The lowest BCUT2D eigenvalue weighted by Gasteiger charge is -2.10. The van der Waals surface area contributed by atoms with E-state index in [1.165, 1.54) is 6.07 Å². The molecule has 0 spiro atoms. The van der Waals surface area contributed by atoms with Gasteiger partial charge >= 0.3 is 0 Å². The van der Waals surface area contributed by atoms with Crippen LogP contribution in [-0.2, 0) is 13.1 Å². The van der Waals surface area contributed by atoms with Crippen molar-refractivity contribution in [3.63, 3.8) is 0 Å². The van der Waals surface area contributed by atoms with Crippen molar-refractivity contribution >= 4 is 37.5 Å². The van der Waals surface area contributed by atoms with E-state index in [4.69, 9.17) is 0 Å². The second kappa shape index (κ2) is 6.22. The van der Waals surface area contributed by atoms with Crippen LogP contribution in [0.5, 0.6) is 0 Å². The molecule has 0 aliphatic carbocycles. The first-order chi connectivity index (χ1) is 9.43. The van der Waals surface area contributed by atoms with E-state index in [0.717, 1.165) is 28.5 Å². The first-order valence-electron chi connectivity index (χ1n) is 6.04. The molecule has 0 radical (unpaired) electrons. The maximum Gasteiger partial charge on any atom is 0.149 e. The summed E-state index contributed by atoms with van der Waals surface area (Å²) < 4.78 is 29.8. The number of rotatable bonds is 4. The lowest BCUT2D eigenvalue weighted by molar-refractivity contribution is 0.579. The van der Waals surface area contributed by atoms with Crippen LogP contribution in [0.1, 0.15) is 18.3 Å². The standard InChI is InChI=1S/C13H13Br2F2N3/c1-3-20-12(13(15)7(2)19-20)6-18-11-4-8(14)9(16)5-10(11)17/h4-5,18H,3,6H2,1-2H3. The highest BCUT2D eigenvalue weighted by molar-refractivity contribution is 9.10. The molecular formula is C13H13Br2F2N3. The van der Waals surface area contributed by atoms with Gasteiger partial charge in [-0.05, 0) is 51.8 Å². The quantitative estimate of drug-likeness (QED) is 0.747. The van der Waals surface area contributed by atoms with Gasteiger partial charge in [-0.3, -0.25) is 4.68 Å². The van der Waals surface area contributed by atoms with E-state index in [2.05, 4.69) is 42.3 Å². The molecular weight excluding hydrogens is 396 g/mol. The molecule has 2 aromatic rings. The van der Waals surface area contributed by atoms with Crippen LogP contribution in [-0.4, -0.2) is 9.78 Å². The van der Waals surface area contributed by atoms with Crippen LogP contribution in [0.15, 0.2) is 21.1 Å². The first kappa shape index (κ1) is 15.4. The topological polar surface area (TPSA) is 29.9 Å². The van der Waals surface area contributed by atoms with Gasteiger partial charge in [0.1, 0.15) is 11.6 Å². The third kappa shape index (κ3) is 3.03. The number of aromatic nitrogens is 2. The van der Waals surface area contributed by atoms with E-state index >= 15 is 0 Å². The summed E-state index contributed by atoms with van der Waals surface area (Å²) in [6.45, 7) is 5.00. The van der Waals surface area contributed by atoms with Gasteiger partial charge in [0.05, 0.1) is 32.6 Å². The van der Waals surface area contributed by atoms with Crippen LogP contribution < -0.4 is 5.32 Å². The lowest BCUT2D eigenvalue weighted by atomic mass is 10.3. The van der Waals surface area contributed by atoms with Crippen LogP contribution in [0.4, 0.5) is 14.5 Å². The molecule has 1 aromatic heterocycles. The van der Waals surface area contributed by atoms with Gasteiger partial charge in [-0.15, -0.1) is 0 Å². The third-order valence-electron chi connectivity index (χ3n) is 2.91. The van der Waals surface area contributed by atoms with Crippen molar-refractivity contribution < 1.29 is 8.78 Å². The van der Waals surface area contributed by atoms with Gasteiger partial charge in [0, 0.05) is 12.6 Å². The Morgan fingerprint density at radius 1 is 1.25 bits per heavy atom. The Hall–Kier alpha value is -0.950. The van der Waals surface area contributed by atoms with Crippen LogP contribution >= 0.6 is 31.9 Å². The van der Waals surface area contributed by atoms with Crippen LogP contribution in [0.3, 0.4) is 0 Å². The average Bonchev–Trinajstić information content (AvgIpc) is 2.68. The summed E-state index contributed by atoms with van der Waals surface area (Å²) in [4.78, 5) is 0. The highest BCUT2D eigenvalue weighted by atomic mass is 79.9. The monoisotopic (exact) mass is 407 g/mol. The zero-order chi connectivity index (χ0) is 14.9. The van der Waals surface area contributed by atoms with Gasteiger partial charge in [-0.25, -0.2) is 8.78 Å². The molecule has 1 N–H and O–H groups in total. The second-order valence-corrected chi connectivity index (χ2v) is 5.91. The molecule has 0 amide bonds. The Kier molecular flexibility index (Phi) is 4.80. The highest BCUT2D eigenvalue weighted by Gasteiger charge is 2.13. The molecule has 0 saturated heterocycles. The molecule has 1 aromatic carbocycles. The maximum absolute atomic E-state index is 13.7. The van der Waals surface area contributed by atoms with E-state index in [0.29, 0.717) is 6.54 Å². The maximum atomic E-state index is 13.7. The Morgan fingerprint density at radius 3 is 2.60 bits per heavy atom. The molecule has 108 valence electrons. The smallest absolute Gasteiger partial charge is 0.149 e. The van der Waals surface area contributed by atoms with Crippen molar-refractivity contribution in [2.24, 2.45) is 0 Å². The van der Waals surface area contributed by atoms with E-state index in [1.54, 1.807) is 0 Å². The number of hydrogen-bond acceptors (Lipinski definition) is 2. The second-order valence-electron chi connectivity index (χ2n) is 4.26. The number of aryl methyl sites for hydroxylation is 2. The first-order valence-corrected chi connectivity index (χ1v) is 7.62. The molecule has 0 bridgehead atoms. The Balaban J connectivity index is 2.23. The van der Waals surface area contributed by atoms with Crippen molar-refractivity contribution in [3.05, 3.63) is 44.1 Å². The molecule has 0 fully saturated rings. The molecule has 0 aliphatic heterocycles. The predicted molar refractivity (Wildman–Crippen MR) is 81.7 cm³/mol. The summed E-state index contributed by atoms with van der Waals surface area (Å²) in [6.07, 6.45) is 0. The zero-order valence-corrected chi connectivity index (χ0v) is 14.1. The molecule has 2 rings (SSSR count). The van der Waals surface area contributed by atoms with E-state index in [1.807, 2.05) is 18.5 Å². The fourth-order valence-corrected chi connectivity index (χ4v) is 2.64. The van der Waals surface area contributed by atoms with Crippen molar-refractivity contribution in [1.29, 1.82) is 0 Å². The van der Waals surface area contributed by atoms with Gasteiger partial charge in [0.15, 0.2) is 0 Å². The van der Waals surface area contributed by atoms with Gasteiger partial charge in [0.25, 0.3) is 0 Å². The van der Waals surface area contributed by atoms with Gasteiger partial charge in [-0.1, -0.05) is 0 Å². The number of hydrogen-bond donors (Lipinski definition) is 1. The number of nitrogens with one attached hydrogen (secondary N) is 1. The summed E-state index contributed by atoms with van der Waals surface area (Å²) in [6, 6.07) is 2.24. The summed E-state index contributed by atoms with van der Waals surface area (Å²) >= 11 is 6.52. The molecule has 7 heteroatoms. The Labute approximate surface area is 132 Å². The van der Waals surface area contributed by atoms with Crippen molar-refractivity contribution in [3.8, 4) is 0 Å². The van der Waals surface area contributed by atoms with Crippen LogP contribution in [0.2, 0.25) is 0 Å². The number of anilines is 1. The fourth-order valence-electron chi connectivity index (χ4n) is 1.87. The van der Waals surface area contributed by atoms with E-state index in [9.17, 15) is 8.78 Å². The van der Waals surface area contributed by atoms with Gasteiger partial charge in [0.2, 0.25) is 0 Å². The fraction of sp³-hybridized carbons (Fsp3) is 0.308.